The molecule has 0 amide bonds. The highest BCUT2D eigenvalue weighted by Gasteiger charge is 2.26. The zero-order chi connectivity index (χ0) is 14.9. The van der Waals surface area contributed by atoms with Gasteiger partial charge < -0.3 is 5.73 Å². The van der Waals surface area contributed by atoms with Crippen LogP contribution in [0, 0.1) is 24.6 Å². The van der Waals surface area contributed by atoms with Crippen LogP contribution < -0.4 is 10.5 Å². The van der Waals surface area contributed by atoms with E-state index < -0.39 is 15.8 Å². The van der Waals surface area contributed by atoms with Crippen LogP contribution in [-0.4, -0.2) is 15.0 Å². The molecule has 2 atom stereocenters. The van der Waals surface area contributed by atoms with Crippen molar-refractivity contribution < 1.29 is 12.8 Å². The van der Waals surface area contributed by atoms with E-state index in [1.165, 1.54) is 6.07 Å². The Balaban J connectivity index is 2.16. The van der Waals surface area contributed by atoms with Crippen molar-refractivity contribution in [3.8, 4) is 0 Å². The molecular weight excluding hydrogens is 279 g/mol. The van der Waals surface area contributed by atoms with Crippen LogP contribution in [0.25, 0.3) is 0 Å². The van der Waals surface area contributed by atoms with Gasteiger partial charge in [-0.25, -0.2) is 17.5 Å². The molecule has 0 spiro atoms. The summed E-state index contributed by atoms with van der Waals surface area (Å²) in [6, 6.07) is 2.34. The molecule has 0 bridgehead atoms. The minimum Gasteiger partial charge on any atom is -0.396 e. The average Bonchev–Trinajstić information content (AvgIpc) is 2.77. The average molecular weight is 300 g/mol. The van der Waals surface area contributed by atoms with Crippen LogP contribution in [0.3, 0.4) is 0 Å². The summed E-state index contributed by atoms with van der Waals surface area (Å²) in [5.41, 5.74) is 5.68. The number of hydrogen-bond acceptors (Lipinski definition) is 3. The van der Waals surface area contributed by atoms with Gasteiger partial charge in [-0.2, -0.15) is 0 Å². The van der Waals surface area contributed by atoms with Gasteiger partial charge >= 0.3 is 0 Å². The van der Waals surface area contributed by atoms with Gasteiger partial charge in [-0.05, 0) is 42.9 Å². The second kappa shape index (κ2) is 5.69. The monoisotopic (exact) mass is 300 g/mol. The summed E-state index contributed by atoms with van der Waals surface area (Å²) in [7, 11) is -3.64. The zero-order valence-corrected chi connectivity index (χ0v) is 12.6. The molecule has 2 rings (SSSR count). The van der Waals surface area contributed by atoms with Crippen LogP contribution in [0.5, 0.6) is 0 Å². The third-order valence-electron chi connectivity index (χ3n) is 4.16. The van der Waals surface area contributed by atoms with E-state index in [0.717, 1.165) is 25.3 Å². The summed E-state index contributed by atoms with van der Waals surface area (Å²) in [5, 5.41) is 0. The van der Waals surface area contributed by atoms with Gasteiger partial charge in [0.25, 0.3) is 0 Å². The Labute approximate surface area is 119 Å². The number of aryl methyl sites for hydroxylation is 1. The summed E-state index contributed by atoms with van der Waals surface area (Å²) >= 11 is 0. The van der Waals surface area contributed by atoms with Crippen molar-refractivity contribution >= 4 is 15.7 Å². The first-order chi connectivity index (χ1) is 9.31. The third kappa shape index (κ3) is 3.12. The minimum absolute atomic E-state index is 0.0575. The summed E-state index contributed by atoms with van der Waals surface area (Å²) in [5.74, 6) is 0.325. The first kappa shape index (κ1) is 15.3. The van der Waals surface area contributed by atoms with Crippen LogP contribution in [0.15, 0.2) is 17.0 Å². The maximum atomic E-state index is 13.3. The van der Waals surface area contributed by atoms with E-state index in [1.54, 1.807) is 6.92 Å². The summed E-state index contributed by atoms with van der Waals surface area (Å²) < 4.78 is 40.5. The molecule has 20 heavy (non-hydrogen) atoms. The lowest BCUT2D eigenvalue weighted by atomic mass is 9.99. The lowest BCUT2D eigenvalue weighted by Gasteiger charge is -2.17. The Kier molecular flexibility index (Phi) is 4.34. The molecule has 1 aromatic carbocycles. The standard InChI is InChI=1S/C14H21FN2O2S/c1-9-4-3-5-11(9)8-17-20(18,19)14-7-13(16)12(15)6-10(14)2/h6-7,9,11,17H,3-5,8,16H2,1-2H3. The number of benzene rings is 1. The normalized spacial score (nSPS) is 23.1. The third-order valence-corrected chi connectivity index (χ3v) is 5.72. The van der Waals surface area contributed by atoms with Crippen LogP contribution >= 0.6 is 0 Å². The molecule has 1 aliphatic carbocycles. The Bertz CT molecular complexity index is 601. The highest BCUT2D eigenvalue weighted by molar-refractivity contribution is 7.89. The van der Waals surface area contributed by atoms with E-state index in [4.69, 9.17) is 5.73 Å². The van der Waals surface area contributed by atoms with Crippen LogP contribution in [0.1, 0.15) is 31.7 Å². The van der Waals surface area contributed by atoms with E-state index in [-0.39, 0.29) is 10.6 Å². The van der Waals surface area contributed by atoms with Crippen LogP contribution in [0.4, 0.5) is 10.1 Å². The largest absolute Gasteiger partial charge is 0.396 e. The first-order valence-corrected chi connectivity index (χ1v) is 8.35. The van der Waals surface area contributed by atoms with Gasteiger partial charge in [0.1, 0.15) is 5.82 Å². The van der Waals surface area contributed by atoms with Crippen molar-refractivity contribution in [1.82, 2.24) is 4.72 Å². The smallest absolute Gasteiger partial charge is 0.240 e. The number of rotatable bonds is 4. The maximum absolute atomic E-state index is 13.3. The van der Waals surface area contributed by atoms with Crippen molar-refractivity contribution in [3.63, 3.8) is 0 Å². The Morgan fingerprint density at radius 3 is 2.70 bits per heavy atom. The predicted octanol–water partition coefficient (Wildman–Crippen LogP) is 2.43. The number of nitrogens with two attached hydrogens (primary N) is 1. The van der Waals surface area contributed by atoms with Crippen LogP contribution in [0.2, 0.25) is 0 Å². The number of hydrogen-bond donors (Lipinski definition) is 2. The molecule has 1 aromatic rings. The Morgan fingerprint density at radius 1 is 1.40 bits per heavy atom. The van der Waals surface area contributed by atoms with E-state index in [2.05, 4.69) is 11.6 Å². The molecule has 4 nitrogen and oxygen atoms in total. The zero-order valence-electron chi connectivity index (χ0n) is 11.8. The first-order valence-electron chi connectivity index (χ1n) is 6.86. The number of nitrogens with one attached hydrogen (secondary N) is 1. The van der Waals surface area contributed by atoms with Crippen LogP contribution in [-0.2, 0) is 10.0 Å². The summed E-state index contributed by atoms with van der Waals surface area (Å²) in [6.45, 7) is 4.14. The molecular formula is C14H21FN2O2S. The molecule has 112 valence electrons. The molecule has 0 heterocycles. The number of sulfonamides is 1. The minimum atomic E-state index is -3.64. The molecule has 0 radical (unpaired) electrons. The predicted molar refractivity (Wildman–Crippen MR) is 77.2 cm³/mol. The van der Waals surface area contributed by atoms with Gasteiger partial charge in [-0.15, -0.1) is 0 Å². The van der Waals surface area contributed by atoms with Crippen molar-refractivity contribution in [3.05, 3.63) is 23.5 Å². The molecule has 1 aliphatic rings. The van der Waals surface area contributed by atoms with Gasteiger partial charge in [-0.3, -0.25) is 0 Å². The highest BCUT2D eigenvalue weighted by Crippen LogP contribution is 2.31. The second-order valence-corrected chi connectivity index (χ2v) is 7.39. The lowest BCUT2D eigenvalue weighted by Crippen LogP contribution is -2.31. The molecule has 6 heteroatoms. The van der Waals surface area contributed by atoms with Crippen molar-refractivity contribution in [1.29, 1.82) is 0 Å². The maximum Gasteiger partial charge on any atom is 0.240 e. The molecule has 0 aliphatic heterocycles. The number of anilines is 1. The molecule has 0 aromatic heterocycles. The second-order valence-electron chi connectivity index (χ2n) is 5.66. The van der Waals surface area contributed by atoms with Gasteiger partial charge in [-0.1, -0.05) is 19.8 Å². The summed E-state index contributed by atoms with van der Waals surface area (Å²) in [4.78, 5) is 0.0575. The van der Waals surface area contributed by atoms with E-state index in [9.17, 15) is 12.8 Å². The van der Waals surface area contributed by atoms with Gasteiger partial charge in [0, 0.05) is 6.54 Å². The molecule has 2 unspecified atom stereocenters. The van der Waals surface area contributed by atoms with Crippen molar-refractivity contribution in [2.75, 3.05) is 12.3 Å². The van der Waals surface area contributed by atoms with E-state index >= 15 is 0 Å². The quantitative estimate of drug-likeness (QED) is 0.839. The molecule has 1 fully saturated rings. The lowest BCUT2D eigenvalue weighted by molar-refractivity contribution is 0.414. The van der Waals surface area contributed by atoms with Crippen molar-refractivity contribution in [2.45, 2.75) is 38.0 Å². The molecule has 3 N–H and O–H groups in total. The van der Waals surface area contributed by atoms with E-state index in [1.807, 2.05) is 0 Å². The number of nitrogen functional groups attached to an aromatic ring is 1. The highest BCUT2D eigenvalue weighted by atomic mass is 32.2. The SMILES string of the molecule is Cc1cc(F)c(N)cc1S(=O)(=O)NCC1CCCC1C. The molecule has 0 saturated heterocycles. The van der Waals surface area contributed by atoms with Gasteiger partial charge in [0.15, 0.2) is 0 Å². The Hall–Kier alpha value is -1.14. The fourth-order valence-electron chi connectivity index (χ4n) is 2.78. The van der Waals surface area contributed by atoms with E-state index in [0.29, 0.717) is 23.9 Å². The fraction of sp³-hybridized carbons (Fsp3) is 0.571. The fourth-order valence-corrected chi connectivity index (χ4v) is 4.13. The topological polar surface area (TPSA) is 72.2 Å². The van der Waals surface area contributed by atoms with Gasteiger partial charge in [0.05, 0.1) is 10.6 Å². The Morgan fingerprint density at radius 2 is 2.10 bits per heavy atom. The number of halogens is 1. The summed E-state index contributed by atoms with van der Waals surface area (Å²) in [6.07, 6.45) is 3.35. The molecule has 1 saturated carbocycles. The van der Waals surface area contributed by atoms with Crippen molar-refractivity contribution in [2.24, 2.45) is 11.8 Å². The van der Waals surface area contributed by atoms with Gasteiger partial charge in [0.2, 0.25) is 10.0 Å².